The molecule has 0 saturated heterocycles. The van der Waals surface area contributed by atoms with Gasteiger partial charge in [-0.25, -0.2) is 4.79 Å². The number of ether oxygens (including phenoxy) is 1. The van der Waals surface area contributed by atoms with Crippen molar-refractivity contribution in [2.75, 3.05) is 6.61 Å². The Morgan fingerprint density at radius 1 is 1.38 bits per heavy atom. The Morgan fingerprint density at radius 3 is 2.86 bits per heavy atom. The van der Waals surface area contributed by atoms with Crippen LogP contribution in [0.1, 0.15) is 6.92 Å². The molecule has 0 spiro atoms. The summed E-state index contributed by atoms with van der Waals surface area (Å²) in [5.41, 5.74) is -0.279. The summed E-state index contributed by atoms with van der Waals surface area (Å²) in [5, 5.41) is 4.73. The minimum absolute atomic E-state index is 0.0169. The SMILES string of the molecule is CCOc1c(=O)onc2c(=O)n(C)c3ccc(Br)cc3c12. The van der Waals surface area contributed by atoms with Crippen molar-refractivity contribution in [2.24, 2.45) is 7.05 Å². The quantitative estimate of drug-likeness (QED) is 0.662. The monoisotopic (exact) mass is 350 g/mol. The largest absolute Gasteiger partial charge is 0.486 e. The van der Waals surface area contributed by atoms with Crippen molar-refractivity contribution in [1.82, 2.24) is 9.72 Å². The number of rotatable bonds is 2. The topological polar surface area (TPSA) is 74.3 Å². The molecule has 0 atom stereocenters. The Kier molecular flexibility index (Phi) is 3.29. The molecule has 7 heteroatoms. The second-order valence-corrected chi connectivity index (χ2v) is 5.40. The maximum Gasteiger partial charge on any atom is 0.400 e. The summed E-state index contributed by atoms with van der Waals surface area (Å²) in [4.78, 5) is 24.2. The predicted octanol–water partition coefficient (Wildman–Crippen LogP) is 2.20. The fraction of sp³-hybridized carbons (Fsp3) is 0.214. The van der Waals surface area contributed by atoms with Crippen molar-refractivity contribution in [1.29, 1.82) is 0 Å². The highest BCUT2D eigenvalue weighted by atomic mass is 79.9. The van der Waals surface area contributed by atoms with Gasteiger partial charge in [0.05, 0.1) is 17.5 Å². The zero-order valence-corrected chi connectivity index (χ0v) is 12.9. The van der Waals surface area contributed by atoms with E-state index in [-0.39, 0.29) is 23.4 Å². The van der Waals surface area contributed by atoms with Crippen molar-refractivity contribution in [3.8, 4) is 5.75 Å². The van der Waals surface area contributed by atoms with E-state index in [4.69, 9.17) is 4.74 Å². The third-order valence-corrected chi connectivity index (χ3v) is 3.75. The third kappa shape index (κ3) is 2.04. The Hall–Kier alpha value is -2.15. The van der Waals surface area contributed by atoms with Crippen LogP contribution < -0.4 is 15.9 Å². The van der Waals surface area contributed by atoms with Crippen LogP contribution >= 0.6 is 15.9 Å². The van der Waals surface area contributed by atoms with Gasteiger partial charge < -0.3 is 13.8 Å². The molecule has 0 saturated carbocycles. The average Bonchev–Trinajstić information content (AvgIpc) is 2.47. The lowest BCUT2D eigenvalue weighted by Gasteiger charge is -2.10. The van der Waals surface area contributed by atoms with E-state index in [1.54, 1.807) is 20.0 Å². The van der Waals surface area contributed by atoms with E-state index in [1.165, 1.54) is 4.57 Å². The van der Waals surface area contributed by atoms with Gasteiger partial charge in [0.15, 0.2) is 5.52 Å². The van der Waals surface area contributed by atoms with Crippen LogP contribution in [0.4, 0.5) is 0 Å². The molecule has 0 bridgehead atoms. The van der Waals surface area contributed by atoms with E-state index in [9.17, 15) is 9.59 Å². The normalized spacial score (nSPS) is 11.2. The van der Waals surface area contributed by atoms with Crippen LogP contribution in [0.5, 0.6) is 5.75 Å². The van der Waals surface area contributed by atoms with Crippen molar-refractivity contribution in [3.63, 3.8) is 0 Å². The number of hydrogen-bond donors (Lipinski definition) is 0. The Balaban J connectivity index is 2.68. The maximum atomic E-state index is 12.4. The smallest absolute Gasteiger partial charge is 0.400 e. The number of hydrogen-bond acceptors (Lipinski definition) is 5. The van der Waals surface area contributed by atoms with Crippen LogP contribution in [0.3, 0.4) is 0 Å². The number of fused-ring (bicyclic) bond motifs is 3. The van der Waals surface area contributed by atoms with Gasteiger partial charge >= 0.3 is 5.63 Å². The molecular weight excluding hydrogens is 340 g/mol. The Bertz CT molecular complexity index is 975. The summed E-state index contributed by atoms with van der Waals surface area (Å²) in [6, 6.07) is 5.44. The third-order valence-electron chi connectivity index (χ3n) is 3.25. The molecule has 3 aromatic rings. The highest BCUT2D eigenvalue weighted by Gasteiger charge is 2.18. The molecule has 0 fully saturated rings. The molecule has 0 N–H and O–H groups in total. The fourth-order valence-electron chi connectivity index (χ4n) is 2.32. The number of aromatic nitrogens is 2. The van der Waals surface area contributed by atoms with Crippen LogP contribution in [0.15, 0.2) is 36.8 Å². The van der Waals surface area contributed by atoms with Crippen LogP contribution in [0.25, 0.3) is 21.8 Å². The molecule has 6 nitrogen and oxygen atoms in total. The lowest BCUT2D eigenvalue weighted by atomic mass is 10.1. The number of pyridine rings is 1. The lowest BCUT2D eigenvalue weighted by Crippen LogP contribution is -2.20. The summed E-state index contributed by atoms with van der Waals surface area (Å²) in [6.07, 6.45) is 0. The molecule has 0 aliphatic heterocycles. The minimum atomic E-state index is -0.695. The molecule has 1 aromatic carbocycles. The van der Waals surface area contributed by atoms with Crippen molar-refractivity contribution >= 4 is 37.7 Å². The second kappa shape index (κ2) is 5.00. The number of aryl methyl sites for hydroxylation is 1. The van der Waals surface area contributed by atoms with E-state index in [0.717, 1.165) is 4.47 Å². The lowest BCUT2D eigenvalue weighted by molar-refractivity contribution is 0.299. The standard InChI is InChI=1S/C14H11BrN2O4/c1-3-20-12-10-8-6-7(15)4-5-9(8)17(2)13(18)11(10)16-21-14(12)19/h4-6H,3H2,1-2H3. The van der Waals surface area contributed by atoms with Crippen molar-refractivity contribution < 1.29 is 9.26 Å². The van der Waals surface area contributed by atoms with E-state index in [1.807, 2.05) is 12.1 Å². The summed E-state index contributed by atoms with van der Waals surface area (Å²) >= 11 is 3.39. The summed E-state index contributed by atoms with van der Waals surface area (Å²) in [5.74, 6) is 0.0169. The van der Waals surface area contributed by atoms with Crippen LogP contribution in [0, 0.1) is 0 Å². The van der Waals surface area contributed by atoms with E-state index >= 15 is 0 Å². The molecule has 2 aromatic heterocycles. The van der Waals surface area contributed by atoms with Gasteiger partial charge in [0.1, 0.15) is 0 Å². The molecule has 2 heterocycles. The molecule has 0 unspecified atom stereocenters. The molecular formula is C14H11BrN2O4. The molecule has 108 valence electrons. The first-order chi connectivity index (χ1) is 10.0. The van der Waals surface area contributed by atoms with Crippen molar-refractivity contribution in [2.45, 2.75) is 6.92 Å². The zero-order valence-electron chi connectivity index (χ0n) is 11.3. The average molecular weight is 351 g/mol. The summed E-state index contributed by atoms with van der Waals surface area (Å²) < 4.78 is 12.4. The molecule has 0 aliphatic carbocycles. The predicted molar refractivity (Wildman–Crippen MR) is 81.9 cm³/mol. The summed E-state index contributed by atoms with van der Waals surface area (Å²) in [6.45, 7) is 2.04. The van der Waals surface area contributed by atoms with Gasteiger partial charge in [-0.05, 0) is 25.1 Å². The van der Waals surface area contributed by atoms with E-state index in [2.05, 4.69) is 25.6 Å². The zero-order chi connectivity index (χ0) is 15.1. The van der Waals surface area contributed by atoms with Crippen LogP contribution in [-0.4, -0.2) is 16.3 Å². The van der Waals surface area contributed by atoms with Crippen LogP contribution in [0.2, 0.25) is 0 Å². The maximum absolute atomic E-state index is 12.4. The highest BCUT2D eigenvalue weighted by Crippen LogP contribution is 2.29. The van der Waals surface area contributed by atoms with Crippen LogP contribution in [-0.2, 0) is 7.05 Å². The molecule has 0 radical (unpaired) electrons. The van der Waals surface area contributed by atoms with Gasteiger partial charge in [0.25, 0.3) is 5.56 Å². The molecule has 0 amide bonds. The van der Waals surface area contributed by atoms with Gasteiger partial charge in [0, 0.05) is 16.9 Å². The first-order valence-electron chi connectivity index (χ1n) is 6.29. The minimum Gasteiger partial charge on any atom is -0.486 e. The van der Waals surface area contributed by atoms with Gasteiger partial charge in [-0.1, -0.05) is 21.1 Å². The number of benzene rings is 1. The van der Waals surface area contributed by atoms with E-state index < -0.39 is 5.63 Å². The van der Waals surface area contributed by atoms with Gasteiger partial charge in [-0.3, -0.25) is 4.79 Å². The van der Waals surface area contributed by atoms with Gasteiger partial charge in [-0.2, -0.15) is 0 Å². The molecule has 3 rings (SSSR count). The number of halogens is 1. The van der Waals surface area contributed by atoms with Crippen molar-refractivity contribution in [3.05, 3.63) is 43.4 Å². The second-order valence-electron chi connectivity index (χ2n) is 4.48. The summed E-state index contributed by atoms with van der Waals surface area (Å²) in [7, 11) is 1.64. The van der Waals surface area contributed by atoms with Gasteiger partial charge in [0.2, 0.25) is 5.75 Å². The Labute approximate surface area is 127 Å². The first-order valence-corrected chi connectivity index (χ1v) is 7.08. The Morgan fingerprint density at radius 2 is 2.14 bits per heavy atom. The highest BCUT2D eigenvalue weighted by molar-refractivity contribution is 9.10. The fourth-order valence-corrected chi connectivity index (χ4v) is 2.69. The molecule has 21 heavy (non-hydrogen) atoms. The van der Waals surface area contributed by atoms with Gasteiger partial charge in [-0.15, -0.1) is 0 Å². The molecule has 0 aliphatic rings. The number of nitrogens with zero attached hydrogens (tertiary/aromatic N) is 2. The van der Waals surface area contributed by atoms with E-state index in [0.29, 0.717) is 16.3 Å². The first kappa shape index (κ1) is 13.8.